The summed E-state index contributed by atoms with van der Waals surface area (Å²) in [7, 11) is 0. The maximum Gasteiger partial charge on any atom is 0.338 e. The lowest BCUT2D eigenvalue weighted by Crippen LogP contribution is -2.13. The van der Waals surface area contributed by atoms with E-state index in [2.05, 4.69) is 77.6 Å². The number of epoxide rings is 1. The molecule has 1 N–H and O–H groups in total. The standard InChI is InChI=1S/C29H38N2O4.C26H14N2O3.10H2/c1-2-3-4-5-6-7-8-9-20-33-26-16-12-23(13-17-26)28-18-19-31(30-28)25-14-10-24(11-15-25)29(32)35-22-27-21-34-27;1-2-3-4-5-6-7-8-9-20-31-24-16-12-21(13-17-24)25-18-19-28(27-25)23-14-10-22(11-15-23)26(29)30;;;;;;;;;;/h10-17,27H,2-9,18-22H2,1H3;1,10-17H,18-19H2,(H,29,30);10*1H. The molecule has 3 aliphatic heterocycles. The number of carboxylic acids is 1. The summed E-state index contributed by atoms with van der Waals surface area (Å²) in [4.78, 5) is 23.1. The first-order chi connectivity index (χ1) is 32.4. The summed E-state index contributed by atoms with van der Waals surface area (Å²) in [6, 6.07) is 29.8. The van der Waals surface area contributed by atoms with Gasteiger partial charge < -0.3 is 24.1 Å². The molecule has 66 heavy (non-hydrogen) atoms. The number of aromatic carboxylic acids is 1. The molecule has 0 aliphatic carbocycles. The van der Waals surface area contributed by atoms with E-state index in [1.54, 1.807) is 48.5 Å². The third-order valence-electron chi connectivity index (χ3n) is 10.5. The normalized spacial score (nSPS) is 14.0. The van der Waals surface area contributed by atoms with Crippen LogP contribution in [-0.2, 0) is 9.47 Å². The molecule has 4 aromatic rings. The molecule has 1 atom stereocenters. The quantitative estimate of drug-likeness (QED) is 0.0424. The molecule has 354 valence electrons. The number of carbonyl (C=O) groups is 2. The Morgan fingerprint density at radius 2 is 1.18 bits per heavy atom. The number of rotatable bonds is 19. The summed E-state index contributed by atoms with van der Waals surface area (Å²) in [5.41, 5.74) is 6.71. The average molecular weight is 901 g/mol. The molecule has 0 amide bonds. The Hall–Kier alpha value is -7.88. The molecule has 11 heteroatoms. The lowest BCUT2D eigenvalue weighted by Gasteiger charge is -2.13. The van der Waals surface area contributed by atoms with Crippen LogP contribution in [0.2, 0.25) is 0 Å². The molecule has 11 nitrogen and oxygen atoms in total. The number of ether oxygens (including phenoxy) is 4. The van der Waals surface area contributed by atoms with Gasteiger partial charge in [-0.05, 0) is 138 Å². The molecule has 3 aliphatic rings. The Labute approximate surface area is 403 Å². The summed E-state index contributed by atoms with van der Waals surface area (Å²) in [5, 5.41) is 22.3. The van der Waals surface area contributed by atoms with E-state index >= 15 is 0 Å². The van der Waals surface area contributed by atoms with Gasteiger partial charge in [-0.15, -0.1) is 6.42 Å². The van der Waals surface area contributed by atoms with Crippen molar-refractivity contribution < 1.29 is 47.9 Å². The maximum atomic E-state index is 12.1. The van der Waals surface area contributed by atoms with Gasteiger partial charge in [0.15, 0.2) is 0 Å². The van der Waals surface area contributed by atoms with Crippen LogP contribution in [0, 0.1) is 59.9 Å². The molecular weight excluding hydrogens is 829 g/mol. The number of benzene rings is 4. The second-order valence-electron chi connectivity index (χ2n) is 15.4. The summed E-state index contributed by atoms with van der Waals surface area (Å²) < 4.78 is 21.6. The van der Waals surface area contributed by atoms with Gasteiger partial charge in [0.25, 0.3) is 0 Å². The van der Waals surface area contributed by atoms with Crippen LogP contribution >= 0.6 is 0 Å². The second-order valence-corrected chi connectivity index (χ2v) is 15.4. The Balaban J connectivity index is -0.000000393. The van der Waals surface area contributed by atoms with E-state index in [-0.39, 0.29) is 31.9 Å². The van der Waals surface area contributed by atoms with Crippen LogP contribution in [0.1, 0.15) is 117 Å². The Morgan fingerprint density at radius 3 is 1.71 bits per heavy atom. The zero-order valence-corrected chi connectivity index (χ0v) is 37.2. The molecule has 1 fully saturated rings. The number of anilines is 2. The van der Waals surface area contributed by atoms with E-state index in [1.165, 1.54) is 44.9 Å². The van der Waals surface area contributed by atoms with E-state index in [4.69, 9.17) is 35.6 Å². The number of carbonyl (C=O) groups excluding carboxylic acids is 1. The maximum absolute atomic E-state index is 12.1. The number of esters is 1. The smallest absolute Gasteiger partial charge is 0.338 e. The summed E-state index contributed by atoms with van der Waals surface area (Å²) in [6.07, 6.45) is 19.6. The van der Waals surface area contributed by atoms with Gasteiger partial charge in [0, 0.05) is 63.9 Å². The second kappa shape index (κ2) is 26.0. The summed E-state index contributed by atoms with van der Waals surface area (Å²) in [6.45, 7) is 5.58. The fraction of sp³-hybridized carbons (Fsp3) is 0.309. The van der Waals surface area contributed by atoms with Gasteiger partial charge in [0.2, 0.25) is 0 Å². The molecular formula is C55H72N4O7. The Bertz CT molecular complexity index is 2660. The predicted octanol–water partition coefficient (Wildman–Crippen LogP) is 11.8. The van der Waals surface area contributed by atoms with Crippen molar-refractivity contribution in [1.82, 2.24) is 0 Å². The summed E-state index contributed by atoms with van der Waals surface area (Å²) in [5.74, 6) is 19.7. The third kappa shape index (κ3) is 15.7. The van der Waals surface area contributed by atoms with Gasteiger partial charge in [-0.3, -0.25) is 10.0 Å². The minimum absolute atomic E-state index is 0. The van der Waals surface area contributed by atoms with Crippen molar-refractivity contribution in [2.45, 2.75) is 77.2 Å². The SMILES string of the molecule is C#CC#CC#CC#CC#COc1ccc(C2=NN(c3ccc(C(=O)O)cc3)CC2)cc1.CCCCCCCCCCOc1ccc(C2=NN(c3ccc(C(=O)OCC4CO4)cc3)CC2)cc1.[HH].[HH].[HH].[HH].[HH].[HH].[HH].[HH].[HH].[HH]. The van der Waals surface area contributed by atoms with Crippen molar-refractivity contribution in [1.29, 1.82) is 0 Å². The molecule has 7 rings (SSSR count). The summed E-state index contributed by atoms with van der Waals surface area (Å²) >= 11 is 0. The van der Waals surface area contributed by atoms with E-state index in [0.717, 1.165) is 78.6 Å². The third-order valence-corrected chi connectivity index (χ3v) is 10.5. The average Bonchev–Trinajstić information content (AvgIpc) is 3.81. The number of carboxylic acid groups (broad SMARTS) is 1. The minimum atomic E-state index is -0.948. The highest BCUT2D eigenvalue weighted by molar-refractivity contribution is 6.03. The number of unbranched alkanes of at least 4 members (excludes halogenated alkanes) is 7. The monoisotopic (exact) mass is 901 g/mol. The number of terminal acetylenes is 1. The fourth-order valence-electron chi connectivity index (χ4n) is 6.84. The van der Waals surface area contributed by atoms with Crippen LogP contribution in [0.25, 0.3) is 0 Å². The Morgan fingerprint density at radius 1 is 0.682 bits per heavy atom. The van der Waals surface area contributed by atoms with Crippen LogP contribution in [0.5, 0.6) is 11.5 Å². The highest BCUT2D eigenvalue weighted by atomic mass is 16.6. The van der Waals surface area contributed by atoms with Crippen molar-refractivity contribution >= 4 is 34.7 Å². The van der Waals surface area contributed by atoms with Crippen molar-refractivity contribution in [3.05, 3.63) is 119 Å². The molecule has 1 saturated heterocycles. The molecule has 4 aromatic carbocycles. The Kier molecular flexibility index (Phi) is 18.8. The lowest BCUT2D eigenvalue weighted by molar-refractivity contribution is 0.0476. The first-order valence-electron chi connectivity index (χ1n) is 22.3. The van der Waals surface area contributed by atoms with Gasteiger partial charge in [-0.2, -0.15) is 10.2 Å². The van der Waals surface area contributed by atoms with Crippen molar-refractivity contribution in [3.63, 3.8) is 0 Å². The molecule has 0 radical (unpaired) electrons. The topological polar surface area (TPSA) is 126 Å². The highest BCUT2D eigenvalue weighted by Gasteiger charge is 2.25. The van der Waals surface area contributed by atoms with Crippen molar-refractivity contribution in [3.8, 4) is 71.4 Å². The van der Waals surface area contributed by atoms with Crippen LogP contribution in [0.3, 0.4) is 0 Å². The van der Waals surface area contributed by atoms with Gasteiger partial charge >= 0.3 is 11.9 Å². The van der Waals surface area contributed by atoms with Crippen LogP contribution in [-0.4, -0.2) is 67.5 Å². The van der Waals surface area contributed by atoms with E-state index in [1.807, 2.05) is 46.4 Å². The number of hydrogen-bond donors (Lipinski definition) is 1. The molecule has 0 spiro atoms. The van der Waals surface area contributed by atoms with Gasteiger partial charge in [-0.25, -0.2) is 9.59 Å². The molecule has 3 heterocycles. The zero-order valence-electron chi connectivity index (χ0n) is 37.2. The van der Waals surface area contributed by atoms with Gasteiger partial charge in [0.05, 0.1) is 47.1 Å². The molecule has 0 saturated carbocycles. The molecule has 1 unspecified atom stereocenters. The number of hydrogen-bond acceptors (Lipinski definition) is 10. The zero-order chi connectivity index (χ0) is 46.2. The molecule has 0 bridgehead atoms. The minimum Gasteiger partial charge on any atom is -0.494 e. The van der Waals surface area contributed by atoms with Crippen LogP contribution in [0.15, 0.2) is 107 Å². The largest absolute Gasteiger partial charge is 0.494 e. The van der Waals surface area contributed by atoms with Crippen molar-refractivity contribution in [2.75, 3.05) is 42.9 Å². The van der Waals surface area contributed by atoms with E-state index < -0.39 is 5.97 Å². The van der Waals surface area contributed by atoms with Gasteiger partial charge in [-0.1, -0.05) is 51.9 Å². The fourth-order valence-corrected chi connectivity index (χ4v) is 6.84. The highest BCUT2D eigenvalue weighted by Crippen LogP contribution is 2.25. The first-order valence-corrected chi connectivity index (χ1v) is 22.3. The van der Waals surface area contributed by atoms with Crippen LogP contribution < -0.4 is 19.5 Å². The molecule has 0 aromatic heterocycles. The van der Waals surface area contributed by atoms with Gasteiger partial charge in [0.1, 0.15) is 30.3 Å². The van der Waals surface area contributed by atoms with Crippen molar-refractivity contribution in [2.24, 2.45) is 10.2 Å². The van der Waals surface area contributed by atoms with E-state index in [0.29, 0.717) is 24.5 Å². The first kappa shape index (κ1) is 47.6. The number of nitrogens with zero attached hydrogens (tertiary/aromatic N) is 4. The van der Waals surface area contributed by atoms with E-state index in [9.17, 15) is 9.59 Å². The lowest BCUT2D eigenvalue weighted by atomic mass is 10.1. The predicted molar refractivity (Wildman–Crippen MR) is 280 cm³/mol. The van der Waals surface area contributed by atoms with Crippen LogP contribution in [0.4, 0.5) is 11.4 Å². The number of hydrazone groups is 2.